The van der Waals surface area contributed by atoms with Gasteiger partial charge in [-0.2, -0.15) is 0 Å². The molecule has 4 heteroatoms. The highest BCUT2D eigenvalue weighted by Crippen LogP contribution is 2.35. The number of benzene rings is 2. The van der Waals surface area contributed by atoms with Crippen molar-refractivity contribution in [3.8, 4) is 11.1 Å². The molecule has 0 N–H and O–H groups in total. The normalized spacial score (nSPS) is 15.0. The van der Waals surface area contributed by atoms with Crippen molar-refractivity contribution in [3.05, 3.63) is 53.3 Å². The molecule has 1 saturated heterocycles. The third kappa shape index (κ3) is 2.73. The van der Waals surface area contributed by atoms with Crippen molar-refractivity contribution >= 4 is 28.3 Å². The molecule has 0 atom stereocenters. The molecule has 0 saturated carbocycles. The molecule has 0 spiro atoms. The van der Waals surface area contributed by atoms with Crippen LogP contribution in [0.2, 0.25) is 5.02 Å². The Morgan fingerprint density at radius 2 is 1.83 bits per heavy atom. The van der Waals surface area contributed by atoms with Crippen LogP contribution in [0.5, 0.6) is 0 Å². The average Bonchev–Trinajstić information content (AvgIpc) is 2.64. The van der Waals surface area contributed by atoms with Gasteiger partial charge >= 0.3 is 0 Å². The first-order valence-corrected chi connectivity index (χ1v) is 8.87. The lowest BCUT2D eigenvalue weighted by Gasteiger charge is -2.29. The Morgan fingerprint density at radius 1 is 1.00 bits per heavy atom. The maximum atomic E-state index is 6.21. The Labute approximate surface area is 147 Å². The van der Waals surface area contributed by atoms with Crippen molar-refractivity contribution in [2.24, 2.45) is 0 Å². The summed E-state index contributed by atoms with van der Waals surface area (Å²) in [7, 11) is 0. The van der Waals surface area contributed by atoms with Gasteiger partial charge in [0.2, 0.25) is 0 Å². The van der Waals surface area contributed by atoms with Gasteiger partial charge < -0.3 is 4.90 Å². The summed E-state index contributed by atoms with van der Waals surface area (Å²) >= 11 is 6.21. The molecule has 0 radical (unpaired) electrons. The molecular weight excluding hydrogens is 318 g/mol. The number of anilines is 1. The Balaban J connectivity index is 1.93. The lowest BCUT2D eigenvalue weighted by molar-refractivity contribution is 0.574. The summed E-state index contributed by atoms with van der Waals surface area (Å²) in [6.45, 7) is 4.18. The van der Waals surface area contributed by atoms with E-state index in [1.54, 1.807) is 6.33 Å². The fraction of sp³-hybridized carbons (Fsp3) is 0.300. The maximum Gasteiger partial charge on any atom is 0.140 e. The molecule has 24 heavy (non-hydrogen) atoms. The topological polar surface area (TPSA) is 29.0 Å². The van der Waals surface area contributed by atoms with Gasteiger partial charge in [0.1, 0.15) is 12.1 Å². The standard InChI is InChI=1S/C20H20ClN3/c1-14-12-15(8-9-17(14)21)16-6-5-7-18-19(16)20(23-13-22-18)24-10-3-2-4-11-24/h5-9,12-13H,2-4,10-11H2,1H3. The van der Waals surface area contributed by atoms with Gasteiger partial charge in [0.15, 0.2) is 0 Å². The molecule has 0 unspecified atom stereocenters. The number of aryl methyl sites for hydroxylation is 1. The number of hydrogen-bond acceptors (Lipinski definition) is 3. The number of rotatable bonds is 2. The third-order valence-electron chi connectivity index (χ3n) is 4.77. The Bertz CT molecular complexity index is 880. The van der Waals surface area contributed by atoms with Gasteiger partial charge in [-0.25, -0.2) is 9.97 Å². The first kappa shape index (κ1) is 15.4. The number of halogens is 1. The fourth-order valence-corrected chi connectivity index (χ4v) is 3.61. The number of aromatic nitrogens is 2. The van der Waals surface area contributed by atoms with Gasteiger partial charge in [-0.15, -0.1) is 0 Å². The van der Waals surface area contributed by atoms with E-state index < -0.39 is 0 Å². The lowest BCUT2D eigenvalue weighted by atomic mass is 9.98. The lowest BCUT2D eigenvalue weighted by Crippen LogP contribution is -2.30. The van der Waals surface area contributed by atoms with E-state index in [-0.39, 0.29) is 0 Å². The number of fused-ring (bicyclic) bond motifs is 1. The fourth-order valence-electron chi connectivity index (χ4n) is 3.49. The zero-order chi connectivity index (χ0) is 16.5. The molecule has 0 aliphatic carbocycles. The van der Waals surface area contributed by atoms with Crippen LogP contribution in [0.1, 0.15) is 24.8 Å². The maximum absolute atomic E-state index is 6.21. The predicted molar refractivity (Wildman–Crippen MR) is 101 cm³/mol. The molecule has 3 aromatic rings. The summed E-state index contributed by atoms with van der Waals surface area (Å²) < 4.78 is 0. The van der Waals surface area contributed by atoms with Crippen LogP contribution in [0.25, 0.3) is 22.0 Å². The molecule has 2 aromatic carbocycles. The minimum Gasteiger partial charge on any atom is -0.356 e. The summed E-state index contributed by atoms with van der Waals surface area (Å²) in [5.74, 6) is 1.06. The summed E-state index contributed by atoms with van der Waals surface area (Å²) in [6.07, 6.45) is 5.45. The van der Waals surface area contributed by atoms with E-state index in [1.807, 2.05) is 13.0 Å². The molecule has 1 fully saturated rings. The Hall–Kier alpha value is -2.13. The van der Waals surface area contributed by atoms with Crippen LogP contribution in [0, 0.1) is 6.92 Å². The molecule has 3 nitrogen and oxygen atoms in total. The highest BCUT2D eigenvalue weighted by atomic mass is 35.5. The molecule has 0 bridgehead atoms. The van der Waals surface area contributed by atoms with Crippen molar-refractivity contribution < 1.29 is 0 Å². The summed E-state index contributed by atoms with van der Waals surface area (Å²) in [5, 5.41) is 1.94. The van der Waals surface area contributed by atoms with Gasteiger partial charge in [0, 0.05) is 18.1 Å². The largest absolute Gasteiger partial charge is 0.356 e. The quantitative estimate of drug-likeness (QED) is 0.639. The second-order valence-electron chi connectivity index (χ2n) is 6.41. The zero-order valence-corrected chi connectivity index (χ0v) is 14.6. The van der Waals surface area contributed by atoms with E-state index >= 15 is 0 Å². The summed E-state index contributed by atoms with van der Waals surface area (Å²) in [6, 6.07) is 12.5. The molecule has 1 aromatic heterocycles. The van der Waals surface area contributed by atoms with Crippen LogP contribution in [0.4, 0.5) is 5.82 Å². The first-order valence-electron chi connectivity index (χ1n) is 8.49. The van der Waals surface area contributed by atoms with Crippen LogP contribution >= 0.6 is 11.6 Å². The highest BCUT2D eigenvalue weighted by Gasteiger charge is 2.18. The van der Waals surface area contributed by atoms with Crippen LogP contribution < -0.4 is 4.90 Å². The van der Waals surface area contributed by atoms with Crippen molar-refractivity contribution in [1.29, 1.82) is 0 Å². The van der Waals surface area contributed by atoms with Crippen molar-refractivity contribution in [3.63, 3.8) is 0 Å². The SMILES string of the molecule is Cc1cc(-c2cccc3ncnc(N4CCCCC4)c23)ccc1Cl. The minimum atomic E-state index is 0.798. The van der Waals surface area contributed by atoms with Gasteiger partial charge in [-0.05, 0) is 61.1 Å². The van der Waals surface area contributed by atoms with E-state index in [4.69, 9.17) is 11.6 Å². The van der Waals surface area contributed by atoms with Gasteiger partial charge in [0.05, 0.1) is 10.9 Å². The van der Waals surface area contributed by atoms with Crippen molar-refractivity contribution in [2.45, 2.75) is 26.2 Å². The van der Waals surface area contributed by atoms with Crippen LogP contribution in [-0.4, -0.2) is 23.1 Å². The van der Waals surface area contributed by atoms with Crippen LogP contribution in [-0.2, 0) is 0 Å². The van der Waals surface area contributed by atoms with E-state index in [1.165, 1.54) is 24.8 Å². The molecule has 2 heterocycles. The highest BCUT2D eigenvalue weighted by molar-refractivity contribution is 6.31. The van der Waals surface area contributed by atoms with E-state index in [9.17, 15) is 0 Å². The Kier molecular flexibility index (Phi) is 4.11. The van der Waals surface area contributed by atoms with Gasteiger partial charge in [-0.3, -0.25) is 0 Å². The molecule has 4 rings (SSSR count). The van der Waals surface area contributed by atoms with E-state index in [0.717, 1.165) is 46.0 Å². The molecule has 1 aliphatic rings. The van der Waals surface area contributed by atoms with Crippen LogP contribution in [0.3, 0.4) is 0 Å². The predicted octanol–water partition coefficient (Wildman–Crippen LogP) is 5.25. The zero-order valence-electron chi connectivity index (χ0n) is 13.8. The van der Waals surface area contributed by atoms with Crippen molar-refractivity contribution in [1.82, 2.24) is 9.97 Å². The third-order valence-corrected chi connectivity index (χ3v) is 5.19. The first-order chi connectivity index (χ1) is 11.7. The van der Waals surface area contributed by atoms with Crippen molar-refractivity contribution in [2.75, 3.05) is 18.0 Å². The Morgan fingerprint density at radius 3 is 2.62 bits per heavy atom. The van der Waals surface area contributed by atoms with Gasteiger partial charge in [-0.1, -0.05) is 29.8 Å². The molecular formula is C20H20ClN3. The molecule has 122 valence electrons. The smallest absolute Gasteiger partial charge is 0.140 e. The van der Waals surface area contributed by atoms with E-state index in [2.05, 4.69) is 45.2 Å². The second-order valence-corrected chi connectivity index (χ2v) is 6.82. The summed E-state index contributed by atoms with van der Waals surface area (Å²) in [4.78, 5) is 11.5. The minimum absolute atomic E-state index is 0.798. The second kappa shape index (κ2) is 6.40. The van der Waals surface area contributed by atoms with E-state index in [0.29, 0.717) is 0 Å². The number of nitrogens with zero attached hydrogens (tertiary/aromatic N) is 3. The molecule has 1 aliphatic heterocycles. The molecule has 0 amide bonds. The van der Waals surface area contributed by atoms with Gasteiger partial charge in [0.25, 0.3) is 0 Å². The number of piperidine rings is 1. The van der Waals surface area contributed by atoms with Crippen LogP contribution in [0.15, 0.2) is 42.7 Å². The average molecular weight is 338 g/mol. The summed E-state index contributed by atoms with van der Waals surface area (Å²) in [5.41, 5.74) is 4.42. The number of hydrogen-bond donors (Lipinski definition) is 0. The monoisotopic (exact) mass is 337 g/mol.